The van der Waals surface area contributed by atoms with Gasteiger partial charge in [0.05, 0.1) is 5.56 Å². The average molecular weight is 278 g/mol. The fourth-order valence-electron chi connectivity index (χ4n) is 2.43. The zero-order valence-electron chi connectivity index (χ0n) is 10.7. The van der Waals surface area contributed by atoms with Crippen molar-refractivity contribution in [1.82, 2.24) is 9.88 Å². The summed E-state index contributed by atoms with van der Waals surface area (Å²) in [5.41, 5.74) is 0.868. The molecule has 1 atom stereocenters. The smallest absolute Gasteiger partial charge is 0.272 e. The van der Waals surface area contributed by atoms with Crippen LogP contribution in [0.5, 0.6) is 0 Å². The van der Waals surface area contributed by atoms with Gasteiger partial charge in [-0.05, 0) is 37.8 Å². The molecule has 19 heavy (non-hydrogen) atoms. The first kappa shape index (κ1) is 13.8. The number of carbonyl (C=O) groups is 1. The van der Waals surface area contributed by atoms with Gasteiger partial charge in [-0.25, -0.2) is 4.98 Å². The summed E-state index contributed by atoms with van der Waals surface area (Å²) >= 11 is 5.80. The Morgan fingerprint density at radius 3 is 3.00 bits per heavy atom. The number of nitriles is 1. The van der Waals surface area contributed by atoms with Gasteiger partial charge < -0.3 is 4.90 Å². The second kappa shape index (κ2) is 6.53. The first-order valence-electron chi connectivity index (χ1n) is 6.49. The highest BCUT2D eigenvalue weighted by Gasteiger charge is 2.27. The SMILES string of the molecule is N#Cc1ccc(C(=O)N2CCCCC2CCCl)nc1. The summed E-state index contributed by atoms with van der Waals surface area (Å²) in [6.45, 7) is 0.766. The van der Waals surface area contributed by atoms with Crippen molar-refractivity contribution >= 4 is 17.5 Å². The summed E-state index contributed by atoms with van der Waals surface area (Å²) in [7, 11) is 0. The minimum atomic E-state index is -0.0562. The molecule has 0 saturated carbocycles. The van der Waals surface area contributed by atoms with Crippen LogP contribution in [0.15, 0.2) is 18.3 Å². The minimum absolute atomic E-state index is 0.0562. The van der Waals surface area contributed by atoms with Crippen LogP contribution in [0, 0.1) is 11.3 Å². The number of aromatic nitrogens is 1. The van der Waals surface area contributed by atoms with E-state index in [4.69, 9.17) is 16.9 Å². The molecule has 1 fully saturated rings. The quantitative estimate of drug-likeness (QED) is 0.798. The van der Waals surface area contributed by atoms with Crippen LogP contribution in [0.25, 0.3) is 0 Å². The summed E-state index contributed by atoms with van der Waals surface area (Å²) in [5.74, 6) is 0.509. The Morgan fingerprint density at radius 2 is 2.37 bits per heavy atom. The van der Waals surface area contributed by atoms with Crippen LogP contribution in [0.3, 0.4) is 0 Å². The first-order valence-corrected chi connectivity index (χ1v) is 7.03. The number of halogens is 1. The van der Waals surface area contributed by atoms with E-state index in [0.29, 0.717) is 17.1 Å². The zero-order chi connectivity index (χ0) is 13.7. The van der Waals surface area contributed by atoms with E-state index in [9.17, 15) is 4.79 Å². The van der Waals surface area contributed by atoms with Gasteiger partial charge in [-0.1, -0.05) is 0 Å². The zero-order valence-corrected chi connectivity index (χ0v) is 11.4. The van der Waals surface area contributed by atoms with Crippen LogP contribution in [0.2, 0.25) is 0 Å². The van der Waals surface area contributed by atoms with Gasteiger partial charge in [0.15, 0.2) is 0 Å². The molecule has 1 aromatic rings. The first-order chi connectivity index (χ1) is 9.26. The molecule has 1 aliphatic rings. The molecule has 1 aliphatic heterocycles. The van der Waals surface area contributed by atoms with E-state index in [1.54, 1.807) is 12.1 Å². The van der Waals surface area contributed by atoms with E-state index in [2.05, 4.69) is 4.98 Å². The lowest BCUT2D eigenvalue weighted by Gasteiger charge is -2.35. The molecule has 1 aromatic heterocycles. The number of piperidine rings is 1. The van der Waals surface area contributed by atoms with Gasteiger partial charge in [0.25, 0.3) is 5.91 Å². The van der Waals surface area contributed by atoms with Crippen LogP contribution in [-0.4, -0.2) is 34.3 Å². The molecule has 0 radical (unpaired) electrons. The molecule has 1 unspecified atom stereocenters. The topological polar surface area (TPSA) is 57.0 Å². The molecule has 0 spiro atoms. The summed E-state index contributed by atoms with van der Waals surface area (Å²) in [6, 6.07) is 5.46. The van der Waals surface area contributed by atoms with Crippen molar-refractivity contribution < 1.29 is 4.79 Å². The third-order valence-electron chi connectivity index (χ3n) is 3.44. The lowest BCUT2D eigenvalue weighted by molar-refractivity contribution is 0.0603. The monoisotopic (exact) mass is 277 g/mol. The number of rotatable bonds is 3. The van der Waals surface area contributed by atoms with Crippen LogP contribution in [-0.2, 0) is 0 Å². The number of pyridine rings is 1. The van der Waals surface area contributed by atoms with Crippen LogP contribution >= 0.6 is 11.6 Å². The molecular formula is C14H16ClN3O. The molecule has 2 rings (SSSR count). The van der Waals surface area contributed by atoms with Gasteiger partial charge in [0.1, 0.15) is 11.8 Å². The Hall–Kier alpha value is -1.60. The highest BCUT2D eigenvalue weighted by atomic mass is 35.5. The molecule has 0 N–H and O–H groups in total. The molecule has 0 aromatic carbocycles. The lowest BCUT2D eigenvalue weighted by atomic mass is 9.99. The third-order valence-corrected chi connectivity index (χ3v) is 3.66. The Balaban J connectivity index is 2.14. The molecule has 1 amide bonds. The molecule has 5 heteroatoms. The average Bonchev–Trinajstić information content (AvgIpc) is 2.47. The van der Waals surface area contributed by atoms with Crippen molar-refractivity contribution in [3.05, 3.63) is 29.6 Å². The number of hydrogen-bond donors (Lipinski definition) is 0. The Kier molecular flexibility index (Phi) is 4.75. The van der Waals surface area contributed by atoms with Gasteiger partial charge in [0, 0.05) is 24.7 Å². The summed E-state index contributed by atoms with van der Waals surface area (Å²) < 4.78 is 0. The van der Waals surface area contributed by atoms with Gasteiger partial charge in [-0.2, -0.15) is 5.26 Å². The number of amides is 1. The molecule has 0 bridgehead atoms. The molecular weight excluding hydrogens is 262 g/mol. The highest BCUT2D eigenvalue weighted by molar-refractivity contribution is 6.17. The van der Waals surface area contributed by atoms with Crippen LogP contribution in [0.1, 0.15) is 41.7 Å². The van der Waals surface area contributed by atoms with Crippen molar-refractivity contribution in [2.75, 3.05) is 12.4 Å². The van der Waals surface area contributed by atoms with E-state index >= 15 is 0 Å². The van der Waals surface area contributed by atoms with Gasteiger partial charge in [0.2, 0.25) is 0 Å². The minimum Gasteiger partial charge on any atom is -0.334 e. The maximum absolute atomic E-state index is 12.4. The summed E-state index contributed by atoms with van der Waals surface area (Å²) in [6.07, 6.45) is 5.44. The van der Waals surface area contributed by atoms with Gasteiger partial charge >= 0.3 is 0 Å². The van der Waals surface area contributed by atoms with E-state index in [0.717, 1.165) is 32.2 Å². The van der Waals surface area contributed by atoms with Gasteiger partial charge in [-0.3, -0.25) is 4.79 Å². The summed E-state index contributed by atoms with van der Waals surface area (Å²) in [5, 5.41) is 8.73. The maximum Gasteiger partial charge on any atom is 0.272 e. The second-order valence-electron chi connectivity index (χ2n) is 4.67. The predicted octanol–water partition coefficient (Wildman–Crippen LogP) is 2.58. The number of nitrogens with zero attached hydrogens (tertiary/aromatic N) is 3. The van der Waals surface area contributed by atoms with E-state index in [1.165, 1.54) is 6.20 Å². The number of hydrogen-bond acceptors (Lipinski definition) is 3. The summed E-state index contributed by atoms with van der Waals surface area (Å²) in [4.78, 5) is 18.4. The van der Waals surface area contributed by atoms with Crippen molar-refractivity contribution in [1.29, 1.82) is 5.26 Å². The fraction of sp³-hybridized carbons (Fsp3) is 0.500. The normalized spacial score (nSPS) is 18.9. The Bertz CT molecular complexity index is 478. The van der Waals surface area contributed by atoms with Crippen molar-refractivity contribution in [2.24, 2.45) is 0 Å². The molecule has 2 heterocycles. The molecule has 100 valence electrons. The predicted molar refractivity (Wildman–Crippen MR) is 73.0 cm³/mol. The molecule has 4 nitrogen and oxygen atoms in total. The van der Waals surface area contributed by atoms with E-state index in [-0.39, 0.29) is 11.9 Å². The lowest BCUT2D eigenvalue weighted by Crippen LogP contribution is -2.44. The molecule has 1 saturated heterocycles. The standard InChI is InChI=1S/C14H16ClN3O/c15-7-6-12-3-1-2-8-18(12)14(19)13-5-4-11(9-16)10-17-13/h4-5,10,12H,1-3,6-8H2. The number of alkyl halides is 1. The molecule has 0 aliphatic carbocycles. The van der Waals surface area contributed by atoms with Crippen LogP contribution in [0.4, 0.5) is 0 Å². The largest absolute Gasteiger partial charge is 0.334 e. The second-order valence-corrected chi connectivity index (χ2v) is 5.05. The third kappa shape index (κ3) is 3.24. The van der Waals surface area contributed by atoms with E-state index < -0.39 is 0 Å². The number of carbonyl (C=O) groups excluding carboxylic acids is 1. The Labute approximate surface area is 118 Å². The van der Waals surface area contributed by atoms with Crippen molar-refractivity contribution in [3.63, 3.8) is 0 Å². The van der Waals surface area contributed by atoms with Gasteiger partial charge in [-0.15, -0.1) is 11.6 Å². The maximum atomic E-state index is 12.4. The van der Waals surface area contributed by atoms with Crippen LogP contribution < -0.4 is 0 Å². The number of likely N-dealkylation sites (tertiary alicyclic amines) is 1. The van der Waals surface area contributed by atoms with E-state index in [1.807, 2.05) is 11.0 Å². The fourth-order valence-corrected chi connectivity index (χ4v) is 2.68. The Morgan fingerprint density at radius 1 is 1.53 bits per heavy atom. The van der Waals surface area contributed by atoms with Crippen molar-refractivity contribution in [2.45, 2.75) is 31.7 Å². The highest BCUT2D eigenvalue weighted by Crippen LogP contribution is 2.21. The van der Waals surface area contributed by atoms with Crippen molar-refractivity contribution in [3.8, 4) is 6.07 Å².